The molecular formula is C25H32O2. The Labute approximate surface area is 163 Å². The van der Waals surface area contributed by atoms with Crippen LogP contribution in [0.4, 0.5) is 0 Å². The van der Waals surface area contributed by atoms with Gasteiger partial charge in [-0.3, -0.25) is 0 Å². The van der Waals surface area contributed by atoms with Crippen LogP contribution < -0.4 is 0 Å². The van der Waals surface area contributed by atoms with Crippen LogP contribution in [0.3, 0.4) is 0 Å². The molecule has 1 aromatic carbocycles. The summed E-state index contributed by atoms with van der Waals surface area (Å²) in [7, 11) is 0. The van der Waals surface area contributed by atoms with E-state index in [9.17, 15) is 4.79 Å². The van der Waals surface area contributed by atoms with Crippen molar-refractivity contribution in [1.29, 1.82) is 0 Å². The lowest BCUT2D eigenvalue weighted by atomic mass is 9.92. The minimum atomic E-state index is -0.0503. The third kappa shape index (κ3) is 4.20. The predicted molar refractivity (Wildman–Crippen MR) is 110 cm³/mol. The third-order valence-corrected chi connectivity index (χ3v) is 6.73. The number of benzene rings is 1. The van der Waals surface area contributed by atoms with Gasteiger partial charge in [0.2, 0.25) is 0 Å². The fourth-order valence-electron chi connectivity index (χ4n) is 5.27. The molecule has 0 heterocycles. The van der Waals surface area contributed by atoms with Crippen LogP contribution in [-0.4, -0.2) is 12.6 Å². The van der Waals surface area contributed by atoms with Crippen LogP contribution in [0.1, 0.15) is 63.9 Å². The van der Waals surface area contributed by atoms with Crippen LogP contribution in [0.25, 0.3) is 5.57 Å². The topological polar surface area (TPSA) is 26.3 Å². The number of esters is 1. The number of carbonyl (C=O) groups excluding carboxylic acids is 1. The van der Waals surface area contributed by atoms with Crippen molar-refractivity contribution >= 4 is 11.5 Å². The van der Waals surface area contributed by atoms with Gasteiger partial charge in [0.25, 0.3) is 0 Å². The van der Waals surface area contributed by atoms with Crippen molar-refractivity contribution in [1.82, 2.24) is 0 Å². The van der Waals surface area contributed by atoms with Gasteiger partial charge in [-0.05, 0) is 79.8 Å². The van der Waals surface area contributed by atoms with Crippen LogP contribution in [0.5, 0.6) is 0 Å². The van der Waals surface area contributed by atoms with Crippen molar-refractivity contribution < 1.29 is 9.53 Å². The van der Waals surface area contributed by atoms with Gasteiger partial charge < -0.3 is 4.74 Å². The van der Waals surface area contributed by atoms with Crippen molar-refractivity contribution in [3.05, 3.63) is 53.6 Å². The molecule has 4 atom stereocenters. The Bertz CT molecular complexity index is 715. The molecular weight excluding hydrogens is 332 g/mol. The van der Waals surface area contributed by atoms with Gasteiger partial charge >= 0.3 is 5.97 Å². The van der Waals surface area contributed by atoms with E-state index in [-0.39, 0.29) is 5.97 Å². The normalized spacial score (nSPS) is 29.8. The van der Waals surface area contributed by atoms with Crippen molar-refractivity contribution in [3.63, 3.8) is 0 Å². The van der Waals surface area contributed by atoms with Crippen LogP contribution in [0.2, 0.25) is 0 Å². The smallest absolute Gasteiger partial charge is 0.333 e. The highest BCUT2D eigenvalue weighted by Crippen LogP contribution is 2.47. The molecule has 0 radical (unpaired) electrons. The van der Waals surface area contributed by atoms with E-state index in [1.807, 2.05) is 0 Å². The third-order valence-electron chi connectivity index (χ3n) is 6.73. The number of carbonyl (C=O) groups is 1. The van der Waals surface area contributed by atoms with Gasteiger partial charge in [-0.25, -0.2) is 4.79 Å². The molecule has 27 heavy (non-hydrogen) atoms. The van der Waals surface area contributed by atoms with Crippen LogP contribution in [-0.2, 0) is 9.53 Å². The minimum Gasteiger partial charge on any atom is -0.462 e. The van der Waals surface area contributed by atoms with E-state index in [0.29, 0.717) is 18.4 Å². The molecule has 0 N–H and O–H groups in total. The second kappa shape index (κ2) is 8.46. The summed E-state index contributed by atoms with van der Waals surface area (Å²) in [6.07, 6.45) is 14.6. The minimum absolute atomic E-state index is 0.0503. The lowest BCUT2D eigenvalue weighted by Gasteiger charge is -2.12. The monoisotopic (exact) mass is 364 g/mol. The SMILES string of the molecule is C1=C(c2ccccc2)C2CCC1C2.CCCCOC(=O)C1=CC2CCC1C2. The van der Waals surface area contributed by atoms with Crippen LogP contribution >= 0.6 is 0 Å². The van der Waals surface area contributed by atoms with Crippen molar-refractivity contribution in [2.45, 2.75) is 58.3 Å². The summed E-state index contributed by atoms with van der Waals surface area (Å²) in [5.41, 5.74) is 4.05. The zero-order valence-corrected chi connectivity index (χ0v) is 16.5. The fraction of sp³-hybridized carbons (Fsp3) is 0.560. The van der Waals surface area contributed by atoms with Gasteiger partial charge in [0.15, 0.2) is 0 Å². The second-order valence-corrected chi connectivity index (χ2v) is 8.64. The molecule has 2 nitrogen and oxygen atoms in total. The molecule has 0 aromatic heterocycles. The maximum Gasteiger partial charge on any atom is 0.333 e. The summed E-state index contributed by atoms with van der Waals surface area (Å²) in [5, 5.41) is 0. The Morgan fingerprint density at radius 3 is 2.22 bits per heavy atom. The molecule has 0 aliphatic heterocycles. The molecule has 0 spiro atoms. The summed E-state index contributed by atoms with van der Waals surface area (Å²) in [6, 6.07) is 10.9. The maximum absolute atomic E-state index is 11.6. The number of fused-ring (bicyclic) bond motifs is 4. The first-order chi connectivity index (χ1) is 13.2. The Hall–Kier alpha value is -1.83. The van der Waals surface area contributed by atoms with Gasteiger partial charge in [0, 0.05) is 5.57 Å². The summed E-state index contributed by atoms with van der Waals surface area (Å²) < 4.78 is 5.21. The second-order valence-electron chi connectivity index (χ2n) is 8.64. The standard InChI is InChI=1S/C13H14.C12H18O2/c1-2-4-11(5-3-1)13-9-10-6-7-12(13)8-10;1-2-3-6-14-12(13)11-8-9-4-5-10(11)7-9/h1-5,9-10,12H,6-8H2;8-10H,2-7H2,1H3. The largest absolute Gasteiger partial charge is 0.462 e. The molecule has 2 saturated carbocycles. The average Bonchev–Trinajstić information content (AvgIpc) is 3.50. The molecule has 0 amide bonds. The van der Waals surface area contributed by atoms with E-state index >= 15 is 0 Å². The number of ether oxygens (including phenoxy) is 1. The first-order valence-corrected chi connectivity index (χ1v) is 10.9. The lowest BCUT2D eigenvalue weighted by molar-refractivity contribution is -0.139. The molecule has 0 saturated heterocycles. The van der Waals surface area contributed by atoms with Crippen LogP contribution in [0.15, 0.2) is 48.1 Å². The zero-order valence-electron chi connectivity index (χ0n) is 16.5. The number of allylic oxidation sites excluding steroid dienone is 3. The summed E-state index contributed by atoms with van der Waals surface area (Å²) >= 11 is 0. The molecule has 2 fully saturated rings. The van der Waals surface area contributed by atoms with Gasteiger partial charge in [-0.15, -0.1) is 0 Å². The van der Waals surface area contributed by atoms with Gasteiger partial charge in [0.05, 0.1) is 6.61 Å². The zero-order chi connectivity index (χ0) is 18.6. The molecule has 1 aromatic rings. The summed E-state index contributed by atoms with van der Waals surface area (Å²) in [6.45, 7) is 2.69. The number of rotatable bonds is 5. The average molecular weight is 365 g/mol. The van der Waals surface area contributed by atoms with E-state index < -0.39 is 0 Å². The molecule has 5 rings (SSSR count). The van der Waals surface area contributed by atoms with Crippen molar-refractivity contribution in [2.24, 2.45) is 23.7 Å². The highest BCUT2D eigenvalue weighted by Gasteiger charge is 2.36. The predicted octanol–water partition coefficient (Wildman–Crippen LogP) is 6.19. The van der Waals surface area contributed by atoms with E-state index in [2.05, 4.69) is 49.4 Å². The number of hydrogen-bond donors (Lipinski definition) is 0. The molecule has 4 aliphatic carbocycles. The summed E-state index contributed by atoms with van der Waals surface area (Å²) in [5.74, 6) is 2.93. The fourth-order valence-corrected chi connectivity index (χ4v) is 5.27. The Morgan fingerprint density at radius 1 is 0.963 bits per heavy atom. The Kier molecular flexibility index (Phi) is 5.80. The number of unbranched alkanes of at least 4 members (excludes halogenated alkanes) is 1. The van der Waals surface area contributed by atoms with Gasteiger partial charge in [-0.1, -0.05) is 55.8 Å². The maximum atomic E-state index is 11.6. The van der Waals surface area contributed by atoms with Crippen molar-refractivity contribution in [3.8, 4) is 0 Å². The first-order valence-electron chi connectivity index (χ1n) is 10.9. The first kappa shape index (κ1) is 18.5. The highest BCUT2D eigenvalue weighted by atomic mass is 16.5. The van der Waals surface area contributed by atoms with E-state index in [1.165, 1.54) is 44.1 Å². The molecule has 2 heteroatoms. The molecule has 4 bridgehead atoms. The van der Waals surface area contributed by atoms with Crippen LogP contribution in [0, 0.1) is 23.7 Å². The van der Waals surface area contributed by atoms with Gasteiger partial charge in [0.1, 0.15) is 0 Å². The highest BCUT2D eigenvalue weighted by molar-refractivity contribution is 5.89. The Balaban J connectivity index is 0.000000134. The van der Waals surface area contributed by atoms with Gasteiger partial charge in [-0.2, -0.15) is 0 Å². The van der Waals surface area contributed by atoms with Crippen molar-refractivity contribution in [2.75, 3.05) is 6.61 Å². The molecule has 144 valence electrons. The molecule has 4 aliphatic rings. The quantitative estimate of drug-likeness (QED) is 0.460. The van der Waals surface area contributed by atoms with E-state index in [0.717, 1.165) is 30.3 Å². The number of hydrogen-bond acceptors (Lipinski definition) is 2. The van der Waals surface area contributed by atoms with E-state index in [4.69, 9.17) is 4.74 Å². The lowest BCUT2D eigenvalue weighted by Crippen LogP contribution is -2.13. The molecule has 4 unspecified atom stereocenters. The summed E-state index contributed by atoms with van der Waals surface area (Å²) in [4.78, 5) is 11.6. The Morgan fingerprint density at radius 2 is 1.67 bits per heavy atom. The van der Waals surface area contributed by atoms with E-state index in [1.54, 1.807) is 5.57 Å².